The number of furan rings is 1. The van der Waals surface area contributed by atoms with E-state index in [1.54, 1.807) is 26.4 Å². The average molecular weight is 389 g/mol. The second kappa shape index (κ2) is 9.13. The van der Waals surface area contributed by atoms with Crippen LogP contribution in [0, 0.1) is 0 Å². The van der Waals surface area contributed by atoms with Gasteiger partial charge in [-0.25, -0.2) is 0 Å². The quantitative estimate of drug-likeness (QED) is 0.558. The van der Waals surface area contributed by atoms with Crippen molar-refractivity contribution >= 4 is 17.7 Å². The Morgan fingerprint density at radius 1 is 1.19 bits per heavy atom. The van der Waals surface area contributed by atoms with Crippen LogP contribution in [0.4, 0.5) is 0 Å². The van der Waals surface area contributed by atoms with Crippen molar-refractivity contribution < 1.29 is 23.1 Å². The fraction of sp³-hybridized carbons (Fsp3) is 0.278. The number of aromatic nitrogens is 2. The molecule has 0 atom stereocenters. The Bertz CT molecular complexity index is 879. The normalized spacial score (nSPS) is 10.6. The number of nitrogens with zero attached hydrogens (tertiary/aromatic N) is 2. The molecule has 0 aliphatic heterocycles. The van der Waals surface area contributed by atoms with Gasteiger partial charge in [0, 0.05) is 6.54 Å². The van der Waals surface area contributed by atoms with Crippen LogP contribution in [0.5, 0.6) is 11.5 Å². The molecule has 2 aromatic heterocycles. The molecular formula is C18H19N3O5S. The summed E-state index contributed by atoms with van der Waals surface area (Å²) in [6.07, 6.45) is 2.21. The van der Waals surface area contributed by atoms with Gasteiger partial charge in [-0.15, -0.1) is 10.2 Å². The number of rotatable bonds is 9. The Kier molecular flexibility index (Phi) is 6.37. The zero-order chi connectivity index (χ0) is 19.1. The summed E-state index contributed by atoms with van der Waals surface area (Å²) in [7, 11) is 3.19. The molecule has 8 nitrogen and oxygen atoms in total. The van der Waals surface area contributed by atoms with E-state index in [0.717, 1.165) is 5.56 Å². The van der Waals surface area contributed by atoms with Gasteiger partial charge in [0.15, 0.2) is 17.3 Å². The number of carbonyl (C=O) groups excluding carboxylic acids is 1. The summed E-state index contributed by atoms with van der Waals surface area (Å²) in [5.41, 5.74) is 1.04. The van der Waals surface area contributed by atoms with Gasteiger partial charge < -0.3 is 23.6 Å². The van der Waals surface area contributed by atoms with Crippen LogP contribution in [0.2, 0.25) is 0 Å². The van der Waals surface area contributed by atoms with Crippen molar-refractivity contribution in [1.29, 1.82) is 0 Å². The average Bonchev–Trinajstić information content (AvgIpc) is 3.37. The SMILES string of the molecule is COc1ccc(CCNC(=O)CSc2nnc(-c3ccco3)o2)cc1OC. The monoisotopic (exact) mass is 389 g/mol. The maximum Gasteiger partial charge on any atom is 0.284 e. The molecule has 3 aromatic rings. The molecule has 1 aromatic carbocycles. The molecule has 9 heteroatoms. The maximum absolute atomic E-state index is 12.0. The molecule has 0 aliphatic carbocycles. The fourth-order valence-electron chi connectivity index (χ4n) is 2.33. The minimum absolute atomic E-state index is 0.113. The number of benzene rings is 1. The largest absolute Gasteiger partial charge is 0.493 e. The minimum atomic E-state index is -0.113. The van der Waals surface area contributed by atoms with Crippen molar-refractivity contribution in [2.24, 2.45) is 0 Å². The van der Waals surface area contributed by atoms with Crippen molar-refractivity contribution in [3.05, 3.63) is 42.2 Å². The minimum Gasteiger partial charge on any atom is -0.493 e. The second-order valence-electron chi connectivity index (χ2n) is 5.43. The van der Waals surface area contributed by atoms with Gasteiger partial charge in [0.05, 0.1) is 26.2 Å². The molecule has 0 saturated heterocycles. The first-order chi connectivity index (χ1) is 13.2. The van der Waals surface area contributed by atoms with E-state index >= 15 is 0 Å². The van der Waals surface area contributed by atoms with E-state index in [2.05, 4.69) is 15.5 Å². The van der Waals surface area contributed by atoms with E-state index in [1.165, 1.54) is 18.0 Å². The van der Waals surface area contributed by atoms with Crippen LogP contribution in [0.25, 0.3) is 11.7 Å². The Labute approximate surface area is 160 Å². The molecule has 0 saturated carbocycles. The van der Waals surface area contributed by atoms with E-state index < -0.39 is 0 Å². The van der Waals surface area contributed by atoms with Crippen molar-refractivity contribution in [3.8, 4) is 23.1 Å². The summed E-state index contributed by atoms with van der Waals surface area (Å²) in [6, 6.07) is 9.14. The van der Waals surface area contributed by atoms with Crippen LogP contribution < -0.4 is 14.8 Å². The summed E-state index contributed by atoms with van der Waals surface area (Å²) in [6.45, 7) is 0.510. The molecule has 142 valence electrons. The first kappa shape index (κ1) is 18.8. The Hall–Kier alpha value is -2.94. The van der Waals surface area contributed by atoms with Crippen molar-refractivity contribution in [1.82, 2.24) is 15.5 Å². The number of methoxy groups -OCH3 is 2. The van der Waals surface area contributed by atoms with Crippen LogP contribution in [-0.4, -0.2) is 42.6 Å². The molecule has 1 amide bonds. The molecule has 0 radical (unpaired) electrons. The lowest BCUT2D eigenvalue weighted by Gasteiger charge is -2.10. The number of thioether (sulfide) groups is 1. The number of nitrogens with one attached hydrogen (secondary N) is 1. The summed E-state index contributed by atoms with van der Waals surface area (Å²) < 4.78 is 21.1. The molecule has 27 heavy (non-hydrogen) atoms. The van der Waals surface area contributed by atoms with Gasteiger partial charge in [-0.1, -0.05) is 17.8 Å². The first-order valence-electron chi connectivity index (χ1n) is 8.17. The van der Waals surface area contributed by atoms with E-state index in [-0.39, 0.29) is 17.6 Å². The zero-order valence-electron chi connectivity index (χ0n) is 14.9. The lowest BCUT2D eigenvalue weighted by atomic mass is 10.1. The zero-order valence-corrected chi connectivity index (χ0v) is 15.7. The summed E-state index contributed by atoms with van der Waals surface area (Å²) in [5, 5.41) is 10.9. The number of hydrogen-bond acceptors (Lipinski definition) is 8. The highest BCUT2D eigenvalue weighted by molar-refractivity contribution is 7.99. The Morgan fingerprint density at radius 3 is 2.78 bits per heavy atom. The third-order valence-electron chi connectivity index (χ3n) is 3.65. The van der Waals surface area contributed by atoms with Gasteiger partial charge in [-0.3, -0.25) is 4.79 Å². The van der Waals surface area contributed by atoms with Crippen molar-refractivity contribution in [3.63, 3.8) is 0 Å². The molecule has 0 bridgehead atoms. The lowest BCUT2D eigenvalue weighted by Crippen LogP contribution is -2.27. The van der Waals surface area contributed by atoms with Gasteiger partial charge in [-0.05, 0) is 36.2 Å². The topological polar surface area (TPSA) is 99.6 Å². The second-order valence-corrected chi connectivity index (χ2v) is 6.35. The highest BCUT2D eigenvalue weighted by atomic mass is 32.2. The van der Waals surface area contributed by atoms with Gasteiger partial charge in [0.2, 0.25) is 5.91 Å². The van der Waals surface area contributed by atoms with Crippen molar-refractivity contribution in [2.75, 3.05) is 26.5 Å². The molecule has 0 fully saturated rings. The summed E-state index contributed by atoms with van der Waals surface area (Å²) in [4.78, 5) is 12.0. The third-order valence-corrected chi connectivity index (χ3v) is 4.47. The van der Waals surface area contributed by atoms with Crippen LogP contribution >= 0.6 is 11.8 Å². The predicted molar refractivity (Wildman–Crippen MR) is 99.0 cm³/mol. The van der Waals surface area contributed by atoms with Crippen LogP contribution in [0.15, 0.2) is 50.7 Å². The Morgan fingerprint density at radius 2 is 2.04 bits per heavy atom. The van der Waals surface area contributed by atoms with Gasteiger partial charge >= 0.3 is 0 Å². The standard InChI is InChI=1S/C18H19N3O5S/c1-23-13-6-5-12(10-15(13)24-2)7-8-19-16(22)11-27-18-21-20-17(26-18)14-4-3-9-25-14/h3-6,9-10H,7-8,11H2,1-2H3,(H,19,22). The Balaban J connectivity index is 1.42. The molecule has 1 N–H and O–H groups in total. The summed E-state index contributed by atoms with van der Waals surface area (Å²) in [5.74, 6) is 2.20. The highest BCUT2D eigenvalue weighted by Crippen LogP contribution is 2.27. The lowest BCUT2D eigenvalue weighted by molar-refractivity contribution is -0.118. The first-order valence-corrected chi connectivity index (χ1v) is 9.16. The third kappa shape index (κ3) is 5.04. The molecular weight excluding hydrogens is 370 g/mol. The predicted octanol–water partition coefficient (Wildman–Crippen LogP) is 2.80. The van der Waals surface area contributed by atoms with Gasteiger partial charge in [0.25, 0.3) is 11.1 Å². The molecule has 2 heterocycles. The van der Waals surface area contributed by atoms with E-state index in [0.29, 0.717) is 35.4 Å². The maximum atomic E-state index is 12.0. The number of hydrogen-bond donors (Lipinski definition) is 1. The van der Waals surface area contributed by atoms with Crippen molar-refractivity contribution in [2.45, 2.75) is 11.6 Å². The fourth-order valence-corrected chi connectivity index (χ4v) is 2.92. The van der Waals surface area contributed by atoms with E-state index in [1.807, 2.05) is 18.2 Å². The molecule has 0 aliphatic rings. The number of ether oxygens (including phenoxy) is 2. The van der Waals surface area contributed by atoms with E-state index in [9.17, 15) is 4.79 Å². The van der Waals surface area contributed by atoms with Crippen LogP contribution in [0.1, 0.15) is 5.56 Å². The number of carbonyl (C=O) groups is 1. The van der Waals surface area contributed by atoms with Gasteiger partial charge in [-0.2, -0.15) is 0 Å². The number of amides is 1. The van der Waals surface area contributed by atoms with E-state index in [4.69, 9.17) is 18.3 Å². The van der Waals surface area contributed by atoms with Crippen LogP contribution in [-0.2, 0) is 11.2 Å². The molecule has 3 rings (SSSR count). The molecule has 0 spiro atoms. The highest BCUT2D eigenvalue weighted by Gasteiger charge is 2.13. The van der Waals surface area contributed by atoms with Gasteiger partial charge in [0.1, 0.15) is 0 Å². The molecule has 0 unspecified atom stereocenters. The smallest absolute Gasteiger partial charge is 0.284 e. The van der Waals surface area contributed by atoms with Crippen LogP contribution in [0.3, 0.4) is 0 Å². The summed E-state index contributed by atoms with van der Waals surface area (Å²) >= 11 is 1.17.